The molecule has 0 fully saturated rings. The zero-order valence-corrected chi connectivity index (χ0v) is 11.8. The number of rotatable bonds is 5. The van der Waals surface area contributed by atoms with Crippen molar-refractivity contribution in [2.45, 2.75) is 37.8 Å². The highest BCUT2D eigenvalue weighted by atomic mass is 32.2. The summed E-state index contributed by atoms with van der Waals surface area (Å²) in [5.74, 6) is 2.81. The summed E-state index contributed by atoms with van der Waals surface area (Å²) in [4.78, 5) is 5.62. The van der Waals surface area contributed by atoms with Gasteiger partial charge in [0, 0.05) is 11.3 Å². The van der Waals surface area contributed by atoms with E-state index in [2.05, 4.69) is 55.2 Å². The monoisotopic (exact) mass is 262 g/mol. The van der Waals surface area contributed by atoms with Crippen LogP contribution in [0, 0.1) is 12.8 Å². The summed E-state index contributed by atoms with van der Waals surface area (Å²) in [6.45, 7) is 6.38. The van der Waals surface area contributed by atoms with Gasteiger partial charge in [-0.2, -0.15) is 4.98 Å². The van der Waals surface area contributed by atoms with Gasteiger partial charge in [-0.3, -0.25) is 0 Å². The average molecular weight is 262 g/mol. The highest BCUT2D eigenvalue weighted by molar-refractivity contribution is 7.98. The van der Waals surface area contributed by atoms with Crippen molar-refractivity contribution in [1.29, 1.82) is 0 Å². The Morgan fingerprint density at radius 1 is 1.22 bits per heavy atom. The Balaban J connectivity index is 1.90. The number of nitrogens with zero attached hydrogens (tertiary/aromatic N) is 2. The minimum atomic E-state index is 0.544. The van der Waals surface area contributed by atoms with E-state index in [4.69, 9.17) is 4.52 Å². The standard InChI is InChI=1S/C14H18N2OS/c1-10(2)8-14-15-13(16-17-14)9-18-12-6-4-11(3)5-7-12/h4-7,10H,8-9H2,1-3H3. The van der Waals surface area contributed by atoms with E-state index in [-0.39, 0.29) is 0 Å². The number of aryl methyl sites for hydroxylation is 1. The molecule has 2 aromatic rings. The fraction of sp³-hybridized carbons (Fsp3) is 0.429. The largest absolute Gasteiger partial charge is 0.339 e. The average Bonchev–Trinajstić information content (AvgIpc) is 2.75. The topological polar surface area (TPSA) is 38.9 Å². The van der Waals surface area contributed by atoms with Crippen molar-refractivity contribution in [2.24, 2.45) is 5.92 Å². The minimum absolute atomic E-state index is 0.544. The van der Waals surface area contributed by atoms with Crippen LogP contribution in [0.15, 0.2) is 33.7 Å². The summed E-state index contributed by atoms with van der Waals surface area (Å²) in [5.41, 5.74) is 1.28. The normalized spacial score (nSPS) is 11.1. The second-order valence-corrected chi connectivity index (χ2v) is 5.85. The van der Waals surface area contributed by atoms with E-state index < -0.39 is 0 Å². The second-order valence-electron chi connectivity index (χ2n) is 4.80. The third-order valence-corrected chi connectivity index (χ3v) is 3.49. The Morgan fingerprint density at radius 2 is 1.94 bits per heavy atom. The molecule has 0 atom stereocenters. The van der Waals surface area contributed by atoms with E-state index in [9.17, 15) is 0 Å². The molecular formula is C14H18N2OS. The summed E-state index contributed by atoms with van der Waals surface area (Å²) < 4.78 is 5.21. The van der Waals surface area contributed by atoms with Gasteiger partial charge < -0.3 is 4.52 Å². The number of hydrogen-bond acceptors (Lipinski definition) is 4. The van der Waals surface area contributed by atoms with E-state index in [1.807, 2.05) is 0 Å². The molecule has 0 radical (unpaired) electrons. The van der Waals surface area contributed by atoms with Crippen LogP contribution in [-0.4, -0.2) is 10.1 Å². The lowest BCUT2D eigenvalue weighted by atomic mass is 10.1. The van der Waals surface area contributed by atoms with Gasteiger partial charge in [0.05, 0.1) is 5.75 Å². The van der Waals surface area contributed by atoms with Crippen LogP contribution in [0.25, 0.3) is 0 Å². The maximum Gasteiger partial charge on any atom is 0.226 e. The zero-order chi connectivity index (χ0) is 13.0. The van der Waals surface area contributed by atoms with Gasteiger partial charge in [0.1, 0.15) is 0 Å². The molecule has 1 aromatic heterocycles. The van der Waals surface area contributed by atoms with Gasteiger partial charge in [-0.05, 0) is 25.0 Å². The molecule has 96 valence electrons. The third-order valence-electron chi connectivity index (χ3n) is 2.48. The highest BCUT2D eigenvalue weighted by Crippen LogP contribution is 2.22. The molecule has 0 amide bonds. The van der Waals surface area contributed by atoms with Crippen LogP contribution in [0.2, 0.25) is 0 Å². The molecule has 3 nitrogen and oxygen atoms in total. The summed E-state index contributed by atoms with van der Waals surface area (Å²) in [6, 6.07) is 8.47. The predicted molar refractivity (Wildman–Crippen MR) is 73.6 cm³/mol. The molecule has 4 heteroatoms. The van der Waals surface area contributed by atoms with Gasteiger partial charge in [0.15, 0.2) is 5.82 Å². The van der Waals surface area contributed by atoms with Crippen molar-refractivity contribution < 1.29 is 4.52 Å². The van der Waals surface area contributed by atoms with Crippen LogP contribution >= 0.6 is 11.8 Å². The molecule has 0 saturated heterocycles. The lowest BCUT2D eigenvalue weighted by Gasteiger charge is -1.98. The maximum atomic E-state index is 5.21. The number of hydrogen-bond donors (Lipinski definition) is 0. The molecule has 0 aliphatic carbocycles. The van der Waals surface area contributed by atoms with Crippen LogP contribution < -0.4 is 0 Å². The Kier molecular flexibility index (Phi) is 4.42. The third kappa shape index (κ3) is 3.88. The van der Waals surface area contributed by atoms with Crippen molar-refractivity contribution in [3.05, 3.63) is 41.5 Å². The molecule has 18 heavy (non-hydrogen) atoms. The highest BCUT2D eigenvalue weighted by Gasteiger charge is 2.08. The van der Waals surface area contributed by atoms with E-state index in [0.29, 0.717) is 5.92 Å². The SMILES string of the molecule is Cc1ccc(SCc2noc(CC(C)C)n2)cc1. The zero-order valence-electron chi connectivity index (χ0n) is 11.0. The summed E-state index contributed by atoms with van der Waals surface area (Å²) >= 11 is 1.73. The van der Waals surface area contributed by atoms with Crippen molar-refractivity contribution in [2.75, 3.05) is 0 Å². The van der Waals surface area contributed by atoms with Crippen molar-refractivity contribution in [3.63, 3.8) is 0 Å². The van der Waals surface area contributed by atoms with Crippen LogP contribution in [0.1, 0.15) is 31.1 Å². The predicted octanol–water partition coefficient (Wildman–Crippen LogP) is 3.87. The summed E-state index contributed by atoms with van der Waals surface area (Å²) in [5, 5.41) is 3.99. The van der Waals surface area contributed by atoms with Gasteiger partial charge in [0.25, 0.3) is 0 Å². The molecule has 2 rings (SSSR count). The first kappa shape index (κ1) is 13.1. The van der Waals surface area contributed by atoms with Crippen molar-refractivity contribution in [1.82, 2.24) is 10.1 Å². The molecule has 0 aliphatic heterocycles. The van der Waals surface area contributed by atoms with Gasteiger partial charge in [0.2, 0.25) is 5.89 Å². The molecule has 0 unspecified atom stereocenters. The van der Waals surface area contributed by atoms with E-state index in [1.54, 1.807) is 11.8 Å². The maximum absolute atomic E-state index is 5.21. The summed E-state index contributed by atoms with van der Waals surface area (Å²) in [6.07, 6.45) is 0.849. The van der Waals surface area contributed by atoms with Gasteiger partial charge in [-0.1, -0.05) is 36.7 Å². The fourth-order valence-corrected chi connectivity index (χ4v) is 2.30. The lowest BCUT2D eigenvalue weighted by Crippen LogP contribution is -1.94. The number of thioether (sulfide) groups is 1. The Labute approximate surface area is 112 Å². The van der Waals surface area contributed by atoms with Crippen LogP contribution in [-0.2, 0) is 12.2 Å². The molecule has 1 heterocycles. The fourth-order valence-electron chi connectivity index (χ4n) is 1.56. The van der Waals surface area contributed by atoms with Crippen molar-refractivity contribution in [3.8, 4) is 0 Å². The van der Waals surface area contributed by atoms with Gasteiger partial charge in [-0.15, -0.1) is 11.8 Å². The first-order valence-corrected chi connectivity index (χ1v) is 7.13. The van der Waals surface area contributed by atoms with Crippen LogP contribution in [0.4, 0.5) is 0 Å². The van der Waals surface area contributed by atoms with Crippen LogP contribution in [0.3, 0.4) is 0 Å². The number of aromatic nitrogens is 2. The lowest BCUT2D eigenvalue weighted by molar-refractivity contribution is 0.360. The second kappa shape index (κ2) is 6.05. The minimum Gasteiger partial charge on any atom is -0.339 e. The quantitative estimate of drug-likeness (QED) is 0.767. The first-order valence-electron chi connectivity index (χ1n) is 6.14. The molecule has 0 aliphatic rings. The Hall–Kier alpha value is -1.29. The summed E-state index contributed by atoms with van der Waals surface area (Å²) in [7, 11) is 0. The van der Waals surface area contributed by atoms with E-state index in [1.165, 1.54) is 10.5 Å². The van der Waals surface area contributed by atoms with Crippen molar-refractivity contribution >= 4 is 11.8 Å². The smallest absolute Gasteiger partial charge is 0.226 e. The molecule has 0 bridgehead atoms. The Morgan fingerprint density at radius 3 is 2.61 bits per heavy atom. The van der Waals surface area contributed by atoms with Gasteiger partial charge in [-0.25, -0.2) is 0 Å². The molecule has 0 saturated carbocycles. The molecule has 0 N–H and O–H groups in total. The molecular weight excluding hydrogens is 244 g/mol. The molecule has 0 spiro atoms. The first-order chi connectivity index (χ1) is 8.63. The van der Waals surface area contributed by atoms with E-state index in [0.717, 1.165) is 23.9 Å². The van der Waals surface area contributed by atoms with E-state index >= 15 is 0 Å². The van der Waals surface area contributed by atoms with Crippen LogP contribution in [0.5, 0.6) is 0 Å². The van der Waals surface area contributed by atoms with Gasteiger partial charge >= 0.3 is 0 Å². The Bertz CT molecular complexity index is 491. The molecule has 1 aromatic carbocycles. The number of benzene rings is 1.